The zero-order valence-corrected chi connectivity index (χ0v) is 13.6. The molecule has 1 atom stereocenters. The van der Waals surface area contributed by atoms with Crippen molar-refractivity contribution in [3.05, 3.63) is 29.8 Å². The van der Waals surface area contributed by atoms with Gasteiger partial charge < -0.3 is 0 Å². The summed E-state index contributed by atoms with van der Waals surface area (Å²) in [5.74, 6) is 0.404. The molecule has 2 fully saturated rings. The quantitative estimate of drug-likeness (QED) is 0.799. The molecular formula is C15H21ClN2O2S. The van der Waals surface area contributed by atoms with Crippen molar-refractivity contribution >= 4 is 21.6 Å². The molecule has 0 aliphatic carbocycles. The van der Waals surface area contributed by atoms with Gasteiger partial charge in [0.25, 0.3) is 0 Å². The average Bonchev–Trinajstić information content (AvgIpc) is 2.84. The Bertz CT molecular complexity index is 588. The molecule has 1 unspecified atom stereocenters. The number of alkyl halides is 1. The van der Waals surface area contributed by atoms with Crippen molar-refractivity contribution in [1.82, 2.24) is 9.21 Å². The lowest BCUT2D eigenvalue weighted by Gasteiger charge is -2.25. The number of hydrogen-bond acceptors (Lipinski definition) is 3. The molecule has 2 heterocycles. The fraction of sp³-hybridized carbons (Fsp3) is 0.600. The lowest BCUT2D eigenvalue weighted by atomic mass is 10.2. The van der Waals surface area contributed by atoms with Crippen LogP contribution in [-0.2, 0) is 15.9 Å². The SMILES string of the molecule is O=S(=O)(c1ccc(CCl)cc1)N1CCCN2CCCC2C1. The molecule has 0 N–H and O–H groups in total. The van der Waals surface area contributed by atoms with Crippen LogP contribution in [0.3, 0.4) is 0 Å². The minimum Gasteiger partial charge on any atom is -0.299 e. The molecule has 0 amide bonds. The monoisotopic (exact) mass is 328 g/mol. The summed E-state index contributed by atoms with van der Waals surface area (Å²) in [5.41, 5.74) is 0.938. The molecule has 0 radical (unpaired) electrons. The Kier molecular flexibility index (Phi) is 4.54. The molecule has 6 heteroatoms. The van der Waals surface area contributed by atoms with Crippen molar-refractivity contribution in [2.45, 2.75) is 36.1 Å². The lowest BCUT2D eigenvalue weighted by molar-refractivity contribution is 0.257. The molecule has 2 saturated heterocycles. The van der Waals surface area contributed by atoms with E-state index in [0.717, 1.165) is 31.5 Å². The standard InChI is InChI=1S/C15H21ClN2O2S/c16-11-13-4-6-15(7-5-13)21(19,20)18-10-2-9-17-8-1-3-14(17)12-18/h4-7,14H,1-3,8-12H2. The Labute approximate surface area is 131 Å². The lowest BCUT2D eigenvalue weighted by Crippen LogP contribution is -2.39. The molecule has 0 saturated carbocycles. The smallest absolute Gasteiger partial charge is 0.243 e. The second-order valence-electron chi connectivity index (χ2n) is 5.83. The highest BCUT2D eigenvalue weighted by atomic mass is 35.5. The molecule has 116 valence electrons. The molecule has 4 nitrogen and oxygen atoms in total. The minimum atomic E-state index is -3.39. The summed E-state index contributed by atoms with van der Waals surface area (Å²) >= 11 is 5.76. The van der Waals surface area contributed by atoms with E-state index in [2.05, 4.69) is 4.90 Å². The van der Waals surface area contributed by atoms with Crippen LogP contribution in [-0.4, -0.2) is 49.8 Å². The van der Waals surface area contributed by atoms with Crippen LogP contribution >= 0.6 is 11.6 Å². The van der Waals surface area contributed by atoms with Gasteiger partial charge in [-0.1, -0.05) is 12.1 Å². The summed E-state index contributed by atoms with van der Waals surface area (Å²) in [6, 6.07) is 7.32. The van der Waals surface area contributed by atoms with Crippen molar-refractivity contribution < 1.29 is 8.42 Å². The van der Waals surface area contributed by atoms with Crippen LogP contribution in [0.4, 0.5) is 0 Å². The predicted octanol–water partition coefficient (Wildman–Crippen LogP) is 2.28. The molecule has 2 aliphatic heterocycles. The number of benzene rings is 1. The maximum atomic E-state index is 12.8. The molecule has 21 heavy (non-hydrogen) atoms. The van der Waals surface area contributed by atoms with Gasteiger partial charge in [0.2, 0.25) is 10.0 Å². The van der Waals surface area contributed by atoms with Gasteiger partial charge in [0.1, 0.15) is 0 Å². The predicted molar refractivity (Wildman–Crippen MR) is 84.0 cm³/mol. The van der Waals surface area contributed by atoms with Gasteiger partial charge in [-0.2, -0.15) is 4.31 Å². The maximum absolute atomic E-state index is 12.8. The highest BCUT2D eigenvalue weighted by Crippen LogP contribution is 2.25. The number of fused-ring (bicyclic) bond motifs is 1. The first-order valence-corrected chi connectivity index (χ1v) is 9.48. The van der Waals surface area contributed by atoms with E-state index in [4.69, 9.17) is 11.6 Å². The summed E-state index contributed by atoms with van der Waals surface area (Å²) in [7, 11) is -3.39. The second-order valence-corrected chi connectivity index (χ2v) is 8.03. The van der Waals surface area contributed by atoms with E-state index in [-0.39, 0.29) is 0 Å². The van der Waals surface area contributed by atoms with Gasteiger partial charge >= 0.3 is 0 Å². The van der Waals surface area contributed by atoms with Crippen molar-refractivity contribution in [2.24, 2.45) is 0 Å². The van der Waals surface area contributed by atoms with Crippen molar-refractivity contribution in [3.8, 4) is 0 Å². The fourth-order valence-corrected chi connectivity index (χ4v) is 4.98. The molecule has 0 bridgehead atoms. The third kappa shape index (κ3) is 3.11. The van der Waals surface area contributed by atoms with Gasteiger partial charge in [-0.05, 0) is 50.0 Å². The van der Waals surface area contributed by atoms with Crippen LogP contribution < -0.4 is 0 Å². The van der Waals surface area contributed by atoms with E-state index in [1.165, 1.54) is 6.42 Å². The Balaban J connectivity index is 1.82. The van der Waals surface area contributed by atoms with Gasteiger partial charge in [-0.25, -0.2) is 8.42 Å². The summed E-state index contributed by atoms with van der Waals surface area (Å²) < 4.78 is 27.3. The van der Waals surface area contributed by atoms with E-state index in [1.54, 1.807) is 28.6 Å². The molecule has 3 rings (SSSR count). The topological polar surface area (TPSA) is 40.6 Å². The summed E-state index contributed by atoms with van der Waals surface area (Å²) in [4.78, 5) is 2.81. The van der Waals surface area contributed by atoms with Gasteiger partial charge in [-0.15, -0.1) is 11.6 Å². The van der Waals surface area contributed by atoms with Gasteiger partial charge in [0.05, 0.1) is 4.90 Å². The van der Waals surface area contributed by atoms with E-state index >= 15 is 0 Å². The van der Waals surface area contributed by atoms with Crippen LogP contribution in [0.5, 0.6) is 0 Å². The van der Waals surface area contributed by atoms with Crippen LogP contribution in [0.1, 0.15) is 24.8 Å². The summed E-state index contributed by atoms with van der Waals surface area (Å²) in [6.07, 6.45) is 3.20. The van der Waals surface area contributed by atoms with Crippen LogP contribution in [0.15, 0.2) is 29.2 Å². The highest BCUT2D eigenvalue weighted by molar-refractivity contribution is 7.89. The van der Waals surface area contributed by atoms with Gasteiger partial charge in [0, 0.05) is 25.0 Å². The molecular weight excluding hydrogens is 308 g/mol. The van der Waals surface area contributed by atoms with Gasteiger partial charge in [-0.3, -0.25) is 4.90 Å². The first-order chi connectivity index (χ1) is 10.1. The Morgan fingerprint density at radius 3 is 2.52 bits per heavy atom. The second kappa shape index (κ2) is 6.24. The van der Waals surface area contributed by atoms with Crippen LogP contribution in [0.2, 0.25) is 0 Å². The molecule has 1 aromatic rings. The first-order valence-electron chi connectivity index (χ1n) is 7.50. The van der Waals surface area contributed by atoms with Crippen LogP contribution in [0.25, 0.3) is 0 Å². The molecule has 1 aromatic carbocycles. The number of nitrogens with zero attached hydrogens (tertiary/aromatic N) is 2. The van der Waals surface area contributed by atoms with Gasteiger partial charge in [0.15, 0.2) is 0 Å². The van der Waals surface area contributed by atoms with E-state index in [1.807, 2.05) is 0 Å². The number of halogens is 1. The van der Waals surface area contributed by atoms with Crippen molar-refractivity contribution in [1.29, 1.82) is 0 Å². The largest absolute Gasteiger partial charge is 0.299 e. The summed E-state index contributed by atoms with van der Waals surface area (Å²) in [5, 5.41) is 0. The average molecular weight is 329 g/mol. The normalized spacial score (nSPS) is 24.7. The number of hydrogen-bond donors (Lipinski definition) is 0. The zero-order valence-electron chi connectivity index (χ0n) is 12.0. The third-order valence-electron chi connectivity index (χ3n) is 4.48. The van der Waals surface area contributed by atoms with Crippen molar-refractivity contribution in [3.63, 3.8) is 0 Å². The van der Waals surface area contributed by atoms with E-state index in [0.29, 0.717) is 29.9 Å². The molecule has 2 aliphatic rings. The van der Waals surface area contributed by atoms with Crippen molar-refractivity contribution in [2.75, 3.05) is 26.2 Å². The first kappa shape index (κ1) is 15.3. The van der Waals surface area contributed by atoms with E-state index in [9.17, 15) is 8.42 Å². The number of sulfonamides is 1. The number of rotatable bonds is 3. The van der Waals surface area contributed by atoms with E-state index < -0.39 is 10.0 Å². The Morgan fingerprint density at radius 2 is 1.81 bits per heavy atom. The van der Waals surface area contributed by atoms with Crippen LogP contribution in [0, 0.1) is 0 Å². The third-order valence-corrected chi connectivity index (χ3v) is 6.67. The minimum absolute atomic E-state index is 0.378. The summed E-state index contributed by atoms with van der Waals surface area (Å²) in [6.45, 7) is 3.37. The zero-order chi connectivity index (χ0) is 14.9. The molecule has 0 aromatic heterocycles. The highest BCUT2D eigenvalue weighted by Gasteiger charge is 2.34. The Morgan fingerprint density at radius 1 is 1.10 bits per heavy atom. The Hall–Kier alpha value is -0.620. The maximum Gasteiger partial charge on any atom is 0.243 e. The fourth-order valence-electron chi connectivity index (χ4n) is 3.29. The molecule has 0 spiro atoms.